The van der Waals surface area contributed by atoms with Gasteiger partial charge >= 0.3 is 0 Å². The van der Waals surface area contributed by atoms with Gasteiger partial charge in [-0.25, -0.2) is 0 Å². The average molecular weight is 303 g/mol. The molecule has 2 aromatic rings. The lowest BCUT2D eigenvalue weighted by molar-refractivity contribution is -0.116. The maximum Gasteiger partial charge on any atom is 0.247 e. The van der Waals surface area contributed by atoms with Crippen LogP contribution in [0, 0.1) is 6.92 Å². The lowest BCUT2D eigenvalue weighted by atomic mass is 10.2. The first-order valence-electron chi connectivity index (χ1n) is 7.02. The van der Waals surface area contributed by atoms with E-state index in [0.29, 0.717) is 36.3 Å². The summed E-state index contributed by atoms with van der Waals surface area (Å²) in [5, 5.41) is 9.53. The Bertz CT molecular complexity index is 683. The first kappa shape index (κ1) is 14.2. The number of benzene rings is 1. The summed E-state index contributed by atoms with van der Waals surface area (Å²) in [6, 6.07) is 6.70. The maximum atomic E-state index is 12.1. The van der Waals surface area contributed by atoms with E-state index in [4.69, 9.17) is 14.0 Å². The Balaban J connectivity index is 1.63. The molecular weight excluding hydrogens is 286 g/mol. The minimum absolute atomic E-state index is 0.205. The van der Waals surface area contributed by atoms with E-state index in [2.05, 4.69) is 15.8 Å². The van der Waals surface area contributed by atoms with Crippen molar-refractivity contribution in [2.75, 3.05) is 23.8 Å². The van der Waals surface area contributed by atoms with E-state index in [-0.39, 0.29) is 5.91 Å². The van der Waals surface area contributed by atoms with E-state index in [1.807, 2.05) is 18.2 Å². The Hall–Kier alpha value is -2.70. The van der Waals surface area contributed by atoms with Gasteiger partial charge in [0.05, 0.1) is 0 Å². The molecule has 1 atom stereocenters. The molecule has 7 nitrogen and oxygen atoms in total. The molecule has 116 valence electrons. The number of hydrogen-bond donors (Lipinski definition) is 2. The second-order valence-corrected chi connectivity index (χ2v) is 5.04. The Morgan fingerprint density at radius 1 is 1.23 bits per heavy atom. The fraction of sp³-hybridized carbons (Fsp3) is 0.333. The number of ether oxygens (including phenoxy) is 2. The molecule has 0 saturated heterocycles. The lowest BCUT2D eigenvalue weighted by Gasteiger charge is -2.20. The highest BCUT2D eigenvalue weighted by Gasteiger charge is 2.17. The number of carbonyl (C=O) groups is 1. The number of nitrogens with zero attached hydrogens (tertiary/aromatic N) is 1. The molecule has 1 aromatic carbocycles. The van der Waals surface area contributed by atoms with Gasteiger partial charge in [-0.05, 0) is 26.0 Å². The molecule has 1 amide bonds. The zero-order valence-electron chi connectivity index (χ0n) is 12.4. The molecule has 1 aliphatic heterocycles. The van der Waals surface area contributed by atoms with Gasteiger partial charge in [-0.2, -0.15) is 0 Å². The van der Waals surface area contributed by atoms with Gasteiger partial charge in [-0.3, -0.25) is 4.79 Å². The minimum atomic E-state index is -0.445. The van der Waals surface area contributed by atoms with Crippen LogP contribution >= 0.6 is 0 Å². The maximum absolute atomic E-state index is 12.1. The molecule has 7 heteroatoms. The van der Waals surface area contributed by atoms with Crippen LogP contribution in [0.25, 0.3) is 0 Å². The van der Waals surface area contributed by atoms with Crippen molar-refractivity contribution in [1.82, 2.24) is 5.16 Å². The van der Waals surface area contributed by atoms with E-state index in [1.165, 1.54) is 0 Å². The first-order valence-corrected chi connectivity index (χ1v) is 7.02. The predicted molar refractivity (Wildman–Crippen MR) is 80.4 cm³/mol. The van der Waals surface area contributed by atoms with Gasteiger partial charge in [0.15, 0.2) is 17.3 Å². The molecule has 2 heterocycles. The van der Waals surface area contributed by atoms with E-state index in [0.717, 1.165) is 5.69 Å². The normalized spacial score (nSPS) is 14.3. The van der Waals surface area contributed by atoms with Crippen molar-refractivity contribution >= 4 is 17.4 Å². The zero-order chi connectivity index (χ0) is 15.5. The highest BCUT2D eigenvalue weighted by molar-refractivity contribution is 5.95. The minimum Gasteiger partial charge on any atom is -0.486 e. The zero-order valence-corrected chi connectivity index (χ0v) is 12.4. The van der Waals surface area contributed by atoms with Crippen LogP contribution in [-0.2, 0) is 4.79 Å². The summed E-state index contributed by atoms with van der Waals surface area (Å²) in [5.74, 6) is 2.23. The Morgan fingerprint density at radius 3 is 2.73 bits per heavy atom. The number of fused-ring (bicyclic) bond motifs is 1. The molecule has 0 saturated carbocycles. The van der Waals surface area contributed by atoms with Crippen LogP contribution in [-0.4, -0.2) is 30.3 Å². The van der Waals surface area contributed by atoms with E-state index < -0.39 is 6.04 Å². The number of nitrogens with one attached hydrogen (secondary N) is 2. The summed E-state index contributed by atoms with van der Waals surface area (Å²) in [6.07, 6.45) is 0. The second-order valence-electron chi connectivity index (χ2n) is 5.04. The van der Waals surface area contributed by atoms with Crippen LogP contribution in [0.4, 0.5) is 11.5 Å². The summed E-state index contributed by atoms with van der Waals surface area (Å²) in [7, 11) is 0. The predicted octanol–water partition coefficient (Wildman–Crippen LogP) is 2.19. The van der Waals surface area contributed by atoms with Gasteiger partial charge in [-0.15, -0.1) is 0 Å². The molecule has 0 fully saturated rings. The van der Waals surface area contributed by atoms with Crippen LogP contribution in [0.15, 0.2) is 28.8 Å². The number of amides is 1. The smallest absolute Gasteiger partial charge is 0.247 e. The lowest BCUT2D eigenvalue weighted by Crippen LogP contribution is -2.32. The van der Waals surface area contributed by atoms with Crippen LogP contribution in [0.2, 0.25) is 0 Å². The van der Waals surface area contributed by atoms with E-state index in [1.54, 1.807) is 19.9 Å². The second kappa shape index (κ2) is 5.97. The molecule has 0 unspecified atom stereocenters. The van der Waals surface area contributed by atoms with Crippen molar-refractivity contribution in [2.45, 2.75) is 19.9 Å². The van der Waals surface area contributed by atoms with E-state index >= 15 is 0 Å². The molecule has 3 rings (SSSR count). The van der Waals surface area contributed by atoms with Crippen molar-refractivity contribution in [1.29, 1.82) is 0 Å². The van der Waals surface area contributed by atoms with Crippen LogP contribution in [0.5, 0.6) is 11.5 Å². The van der Waals surface area contributed by atoms with Crippen LogP contribution < -0.4 is 20.1 Å². The molecule has 22 heavy (non-hydrogen) atoms. The molecular formula is C15H17N3O4. The molecule has 1 aromatic heterocycles. The summed E-state index contributed by atoms with van der Waals surface area (Å²) in [6.45, 7) is 4.60. The Morgan fingerprint density at radius 2 is 2.00 bits per heavy atom. The summed E-state index contributed by atoms with van der Waals surface area (Å²) in [4.78, 5) is 12.1. The number of anilines is 2. The SMILES string of the molecule is Cc1cc(NC(=O)[C@H](C)Nc2ccc3c(c2)OCCO3)no1. The number of aromatic nitrogens is 1. The standard InChI is InChI=1S/C15H17N3O4/c1-9-7-14(18-22-9)17-15(19)10(2)16-11-3-4-12-13(8-11)21-6-5-20-12/h3-4,7-8,10,16H,5-6H2,1-2H3,(H,17,18,19)/t10-/m0/s1. The Labute approximate surface area is 127 Å². The molecule has 0 spiro atoms. The van der Waals surface area contributed by atoms with Gasteiger partial charge in [0.1, 0.15) is 25.0 Å². The van der Waals surface area contributed by atoms with Gasteiger partial charge in [0.2, 0.25) is 5.91 Å². The highest BCUT2D eigenvalue weighted by atomic mass is 16.6. The average Bonchev–Trinajstić information content (AvgIpc) is 2.92. The third kappa shape index (κ3) is 3.13. The number of carbonyl (C=O) groups excluding carboxylic acids is 1. The molecule has 0 radical (unpaired) electrons. The molecule has 0 bridgehead atoms. The van der Waals surface area contributed by atoms with E-state index in [9.17, 15) is 4.79 Å². The number of aryl methyl sites for hydroxylation is 1. The van der Waals surface area contributed by atoms with Crippen LogP contribution in [0.1, 0.15) is 12.7 Å². The largest absolute Gasteiger partial charge is 0.486 e. The Kier molecular flexibility index (Phi) is 3.86. The summed E-state index contributed by atoms with van der Waals surface area (Å²) < 4.78 is 15.9. The van der Waals surface area contributed by atoms with Gasteiger partial charge < -0.3 is 24.6 Å². The fourth-order valence-electron chi connectivity index (χ4n) is 2.11. The van der Waals surface area contributed by atoms with Crippen molar-refractivity contribution in [3.8, 4) is 11.5 Å². The molecule has 1 aliphatic rings. The van der Waals surface area contributed by atoms with Gasteiger partial charge in [-0.1, -0.05) is 5.16 Å². The monoisotopic (exact) mass is 303 g/mol. The molecule has 0 aliphatic carbocycles. The summed E-state index contributed by atoms with van der Waals surface area (Å²) >= 11 is 0. The summed E-state index contributed by atoms with van der Waals surface area (Å²) in [5.41, 5.74) is 0.781. The molecule has 2 N–H and O–H groups in total. The third-order valence-corrected chi connectivity index (χ3v) is 3.20. The number of rotatable bonds is 4. The quantitative estimate of drug-likeness (QED) is 0.900. The highest BCUT2D eigenvalue weighted by Crippen LogP contribution is 2.32. The van der Waals surface area contributed by atoms with Crippen molar-refractivity contribution in [2.24, 2.45) is 0 Å². The van der Waals surface area contributed by atoms with Crippen molar-refractivity contribution < 1.29 is 18.8 Å². The van der Waals surface area contributed by atoms with Crippen molar-refractivity contribution in [3.63, 3.8) is 0 Å². The van der Waals surface area contributed by atoms with Crippen LogP contribution in [0.3, 0.4) is 0 Å². The number of hydrogen-bond acceptors (Lipinski definition) is 6. The first-order chi connectivity index (χ1) is 10.6. The van der Waals surface area contributed by atoms with Gasteiger partial charge in [0, 0.05) is 17.8 Å². The third-order valence-electron chi connectivity index (χ3n) is 3.20. The topological polar surface area (TPSA) is 85.6 Å². The van der Waals surface area contributed by atoms with Gasteiger partial charge in [0.25, 0.3) is 0 Å². The van der Waals surface area contributed by atoms with Crippen molar-refractivity contribution in [3.05, 3.63) is 30.0 Å². The fourth-order valence-corrected chi connectivity index (χ4v) is 2.11.